The van der Waals surface area contributed by atoms with E-state index in [1.807, 2.05) is 18.5 Å². The summed E-state index contributed by atoms with van der Waals surface area (Å²) < 4.78 is 1.92. The number of non-ortho nitro benzene ring substituents is 1. The third-order valence-corrected chi connectivity index (χ3v) is 5.42. The van der Waals surface area contributed by atoms with Crippen LogP contribution in [0.5, 0.6) is 0 Å². The smallest absolute Gasteiger partial charge is 0.278 e. The molecule has 3 heterocycles. The molecule has 2 aromatic heterocycles. The zero-order chi connectivity index (χ0) is 21.3. The lowest BCUT2D eigenvalue weighted by atomic mass is 9.94. The van der Waals surface area contributed by atoms with Gasteiger partial charge in [-0.3, -0.25) is 24.6 Å². The molecule has 156 valence electrons. The molecule has 0 saturated heterocycles. The highest BCUT2D eigenvalue weighted by molar-refractivity contribution is 5.99. The highest BCUT2D eigenvalue weighted by atomic mass is 16.6. The number of hydrogen-bond acceptors (Lipinski definition) is 6. The van der Waals surface area contributed by atoms with E-state index in [1.54, 1.807) is 24.5 Å². The number of pyridine rings is 1. The number of aromatic nitrogens is 3. The maximum atomic E-state index is 12.5. The normalized spacial score (nSPS) is 15.8. The van der Waals surface area contributed by atoms with Crippen LogP contribution in [0.4, 0.5) is 11.4 Å². The first-order valence-corrected chi connectivity index (χ1v) is 10.0. The summed E-state index contributed by atoms with van der Waals surface area (Å²) in [6.07, 6.45) is 6.51. The highest BCUT2D eigenvalue weighted by Gasteiger charge is 2.25. The predicted molar refractivity (Wildman–Crippen MR) is 114 cm³/mol. The Morgan fingerprint density at radius 2 is 2.13 bits per heavy atom. The fourth-order valence-corrected chi connectivity index (χ4v) is 3.95. The summed E-state index contributed by atoms with van der Waals surface area (Å²) in [6.45, 7) is 5.34. The summed E-state index contributed by atoms with van der Waals surface area (Å²) in [5.74, 6) is 0.237. The van der Waals surface area contributed by atoms with Gasteiger partial charge in [0.15, 0.2) is 0 Å². The van der Waals surface area contributed by atoms with Gasteiger partial charge in [0.1, 0.15) is 0 Å². The average molecular weight is 408 g/mol. The second-order valence-corrected chi connectivity index (χ2v) is 7.91. The lowest BCUT2D eigenvalue weighted by Gasteiger charge is -2.25. The fourth-order valence-electron chi connectivity index (χ4n) is 3.95. The molecule has 1 amide bonds. The van der Waals surface area contributed by atoms with Crippen LogP contribution < -0.4 is 10.6 Å². The number of carbonyl (C=O) groups is 1. The number of nitrogens with one attached hydrogen (secondary N) is 2. The molecule has 30 heavy (non-hydrogen) atoms. The first-order valence-electron chi connectivity index (χ1n) is 10.0. The molecule has 1 atom stereocenters. The summed E-state index contributed by atoms with van der Waals surface area (Å²) in [6, 6.07) is 5.11. The van der Waals surface area contributed by atoms with E-state index in [0.717, 1.165) is 36.2 Å². The van der Waals surface area contributed by atoms with Crippen LogP contribution >= 0.6 is 0 Å². The van der Waals surface area contributed by atoms with Crippen LogP contribution in [-0.4, -0.2) is 38.2 Å². The van der Waals surface area contributed by atoms with Crippen LogP contribution in [0.3, 0.4) is 0 Å². The Labute approximate surface area is 173 Å². The number of nitrogens with zero attached hydrogens (tertiary/aromatic N) is 4. The maximum Gasteiger partial charge on any atom is 0.278 e. The molecule has 1 aliphatic heterocycles. The highest BCUT2D eigenvalue weighted by Crippen LogP contribution is 2.31. The van der Waals surface area contributed by atoms with E-state index in [4.69, 9.17) is 0 Å². The molecular formula is C21H24N6O3. The van der Waals surface area contributed by atoms with Gasteiger partial charge in [-0.25, -0.2) is 0 Å². The molecule has 0 fully saturated rings. The monoisotopic (exact) mass is 408 g/mol. The van der Waals surface area contributed by atoms with E-state index in [2.05, 4.69) is 20.7 Å². The number of benzene rings is 1. The largest absolute Gasteiger partial charge is 0.384 e. The molecular weight excluding hydrogens is 384 g/mol. The molecule has 0 saturated carbocycles. The molecule has 0 radical (unpaired) electrons. The SMILES string of the molecule is CC(C)NC(=O)c1cnn2c1CC(CNc1ccc([N+](=O)[O-])c3cnccc13)CC2. The van der Waals surface area contributed by atoms with E-state index < -0.39 is 0 Å². The van der Waals surface area contributed by atoms with Crippen molar-refractivity contribution in [3.05, 3.63) is 58.2 Å². The molecule has 1 aromatic carbocycles. The molecule has 3 aromatic rings. The fraction of sp³-hybridized carbons (Fsp3) is 0.381. The van der Waals surface area contributed by atoms with Gasteiger partial charge in [0.25, 0.3) is 11.6 Å². The van der Waals surface area contributed by atoms with Gasteiger partial charge in [0.2, 0.25) is 0 Å². The zero-order valence-corrected chi connectivity index (χ0v) is 17.0. The van der Waals surface area contributed by atoms with E-state index in [9.17, 15) is 14.9 Å². The van der Waals surface area contributed by atoms with Crippen LogP contribution in [0.2, 0.25) is 0 Å². The molecule has 1 unspecified atom stereocenters. The van der Waals surface area contributed by atoms with E-state index >= 15 is 0 Å². The Balaban J connectivity index is 1.50. The Hall–Kier alpha value is -3.49. The van der Waals surface area contributed by atoms with Crippen LogP contribution in [0, 0.1) is 16.0 Å². The minimum Gasteiger partial charge on any atom is -0.384 e. The zero-order valence-electron chi connectivity index (χ0n) is 17.0. The number of rotatable bonds is 6. The number of fused-ring (bicyclic) bond motifs is 2. The molecule has 2 N–H and O–H groups in total. The topological polar surface area (TPSA) is 115 Å². The predicted octanol–water partition coefficient (Wildman–Crippen LogP) is 3.15. The van der Waals surface area contributed by atoms with Crippen molar-refractivity contribution in [1.82, 2.24) is 20.1 Å². The van der Waals surface area contributed by atoms with Crippen LogP contribution in [0.25, 0.3) is 10.8 Å². The minimum atomic E-state index is -0.389. The number of amides is 1. The molecule has 0 bridgehead atoms. The quantitative estimate of drug-likeness (QED) is 0.478. The van der Waals surface area contributed by atoms with Crippen LogP contribution in [-0.2, 0) is 13.0 Å². The van der Waals surface area contributed by atoms with Gasteiger partial charge in [-0.1, -0.05) is 0 Å². The minimum absolute atomic E-state index is 0.0472. The van der Waals surface area contributed by atoms with Crippen molar-refractivity contribution in [1.29, 1.82) is 0 Å². The number of nitro benzene ring substituents is 1. The van der Waals surface area contributed by atoms with Crippen molar-refractivity contribution in [3.8, 4) is 0 Å². The van der Waals surface area contributed by atoms with E-state index in [0.29, 0.717) is 23.4 Å². The number of anilines is 1. The number of nitro groups is 1. The second-order valence-electron chi connectivity index (χ2n) is 7.91. The van der Waals surface area contributed by atoms with Gasteiger partial charge in [-0.05, 0) is 44.7 Å². The van der Waals surface area contributed by atoms with E-state index in [1.165, 1.54) is 12.3 Å². The first kappa shape index (κ1) is 19.8. The summed E-state index contributed by atoms with van der Waals surface area (Å²) >= 11 is 0. The van der Waals surface area contributed by atoms with Crippen molar-refractivity contribution in [2.24, 2.45) is 5.92 Å². The van der Waals surface area contributed by atoms with Gasteiger partial charge >= 0.3 is 0 Å². The molecule has 0 aliphatic carbocycles. The summed E-state index contributed by atoms with van der Waals surface area (Å²) in [5.41, 5.74) is 2.49. The summed E-state index contributed by atoms with van der Waals surface area (Å²) in [7, 11) is 0. The van der Waals surface area contributed by atoms with Gasteiger partial charge in [0.05, 0.1) is 27.8 Å². The first-order chi connectivity index (χ1) is 14.4. The summed E-state index contributed by atoms with van der Waals surface area (Å²) in [4.78, 5) is 27.4. The lowest BCUT2D eigenvalue weighted by Crippen LogP contribution is -2.32. The van der Waals surface area contributed by atoms with Gasteiger partial charge in [-0.15, -0.1) is 0 Å². The number of aryl methyl sites for hydroxylation is 1. The van der Waals surface area contributed by atoms with Crippen molar-refractivity contribution in [2.45, 2.75) is 39.3 Å². The lowest BCUT2D eigenvalue weighted by molar-refractivity contribution is -0.383. The van der Waals surface area contributed by atoms with Crippen molar-refractivity contribution in [2.75, 3.05) is 11.9 Å². The third-order valence-electron chi connectivity index (χ3n) is 5.42. The van der Waals surface area contributed by atoms with Gasteiger partial charge in [0, 0.05) is 48.7 Å². The van der Waals surface area contributed by atoms with Crippen molar-refractivity contribution < 1.29 is 9.72 Å². The molecule has 1 aliphatic rings. The molecule has 4 rings (SSSR count). The Kier molecular flexibility index (Phi) is 5.35. The maximum absolute atomic E-state index is 12.5. The van der Waals surface area contributed by atoms with Crippen LogP contribution in [0.1, 0.15) is 36.3 Å². The van der Waals surface area contributed by atoms with Crippen molar-refractivity contribution in [3.63, 3.8) is 0 Å². The van der Waals surface area contributed by atoms with Gasteiger partial charge < -0.3 is 10.6 Å². The van der Waals surface area contributed by atoms with Gasteiger partial charge in [-0.2, -0.15) is 5.10 Å². The summed E-state index contributed by atoms with van der Waals surface area (Å²) in [5, 5.41) is 23.3. The average Bonchev–Trinajstić information content (AvgIpc) is 3.14. The van der Waals surface area contributed by atoms with E-state index in [-0.39, 0.29) is 22.6 Å². The standard InChI is InChI=1S/C21H24N6O3/c1-13(2)25-21(28)17-12-24-26-8-6-14(9-20(17)26)10-23-18-3-4-19(27(29)30)16-11-22-7-5-15(16)18/h3-5,7,11-14,23H,6,8-10H2,1-2H3,(H,25,28). The molecule has 9 heteroatoms. The Morgan fingerprint density at radius 1 is 1.30 bits per heavy atom. The van der Waals surface area contributed by atoms with Crippen LogP contribution in [0.15, 0.2) is 36.8 Å². The Morgan fingerprint density at radius 3 is 2.90 bits per heavy atom. The molecule has 9 nitrogen and oxygen atoms in total. The third kappa shape index (κ3) is 3.83. The van der Waals surface area contributed by atoms with Crippen molar-refractivity contribution >= 4 is 28.1 Å². The second kappa shape index (κ2) is 8.10. The number of hydrogen-bond donors (Lipinski definition) is 2. The molecule has 0 spiro atoms. The Bertz CT molecular complexity index is 1110. The number of carbonyl (C=O) groups excluding carboxylic acids is 1.